The molecule has 0 radical (unpaired) electrons. The zero-order chi connectivity index (χ0) is 21.1. The number of carbonyl (C=O) groups is 1. The largest absolute Gasteiger partial charge is 0.378 e. The fraction of sp³-hybridized carbons (Fsp3) is 0.679. The molecule has 162 valence electrons. The molecule has 0 aromatic heterocycles. The summed E-state index contributed by atoms with van der Waals surface area (Å²) in [5, 5.41) is 0. The fourth-order valence-corrected chi connectivity index (χ4v) is 8.16. The number of hydrogen-bond acceptors (Lipinski definition) is 2. The predicted molar refractivity (Wildman–Crippen MR) is 125 cm³/mol. The first kappa shape index (κ1) is 20.3. The number of carbonyl (C=O) groups excluding carboxylic acids is 1. The van der Waals surface area contributed by atoms with Gasteiger partial charge in [0.05, 0.1) is 0 Å². The van der Waals surface area contributed by atoms with E-state index in [1.807, 2.05) is 0 Å². The molecule has 0 heterocycles. The third-order valence-corrected chi connectivity index (χ3v) is 9.97. The van der Waals surface area contributed by atoms with Gasteiger partial charge in [0, 0.05) is 25.2 Å². The number of ketones is 1. The van der Waals surface area contributed by atoms with Crippen LogP contribution in [-0.4, -0.2) is 19.9 Å². The molecule has 30 heavy (non-hydrogen) atoms. The van der Waals surface area contributed by atoms with Crippen LogP contribution in [0.2, 0.25) is 0 Å². The van der Waals surface area contributed by atoms with E-state index >= 15 is 0 Å². The van der Waals surface area contributed by atoms with E-state index in [9.17, 15) is 4.79 Å². The van der Waals surface area contributed by atoms with Crippen molar-refractivity contribution in [1.29, 1.82) is 0 Å². The van der Waals surface area contributed by atoms with Crippen LogP contribution >= 0.6 is 0 Å². The number of rotatable bonds is 2. The Morgan fingerprint density at radius 2 is 1.70 bits per heavy atom. The zero-order valence-corrected chi connectivity index (χ0v) is 19.4. The van der Waals surface area contributed by atoms with Crippen molar-refractivity contribution in [2.75, 3.05) is 19.0 Å². The lowest BCUT2D eigenvalue weighted by Gasteiger charge is -2.59. The Labute approximate surface area is 183 Å². The Hall–Kier alpha value is -1.57. The maximum Gasteiger partial charge on any atom is 0.165 e. The van der Waals surface area contributed by atoms with E-state index in [1.54, 1.807) is 0 Å². The number of fused-ring (bicyclic) bond motifs is 5. The van der Waals surface area contributed by atoms with Crippen LogP contribution in [-0.2, 0) is 4.79 Å². The smallest absolute Gasteiger partial charge is 0.165 e. The molecular weight excluding hydrogens is 366 g/mol. The summed E-state index contributed by atoms with van der Waals surface area (Å²) in [7, 11) is 4.13. The second kappa shape index (κ2) is 7.24. The maximum atomic E-state index is 13.6. The molecule has 4 aliphatic carbocycles. The number of nitrogens with zero attached hydrogens (tertiary/aromatic N) is 1. The monoisotopic (exact) mass is 405 g/mol. The van der Waals surface area contributed by atoms with Crippen LogP contribution in [0.5, 0.6) is 0 Å². The van der Waals surface area contributed by atoms with Crippen LogP contribution < -0.4 is 4.90 Å². The quantitative estimate of drug-likeness (QED) is 0.507. The Kier molecular flexibility index (Phi) is 4.91. The van der Waals surface area contributed by atoms with Crippen molar-refractivity contribution in [2.45, 2.75) is 71.6 Å². The van der Waals surface area contributed by atoms with E-state index in [0.29, 0.717) is 17.1 Å². The van der Waals surface area contributed by atoms with Crippen LogP contribution in [0, 0.1) is 34.5 Å². The van der Waals surface area contributed by atoms with E-state index < -0.39 is 0 Å². The van der Waals surface area contributed by atoms with Gasteiger partial charge in [-0.3, -0.25) is 4.79 Å². The summed E-state index contributed by atoms with van der Waals surface area (Å²) in [5.74, 6) is 3.57. The standard InChI is InChI=1S/C28H39NO/c1-27-15-6-5-7-21(27)10-13-23-24(27)14-16-28(2)25(23)18-20(26(28)30)17-19-8-11-22(12-9-19)29(3)4/h8-9,11-12,17,21,23-25H,5-7,10,13-16,18H2,1-4H3/b20-17+/t21?,23?,24?,25?,27-,28-/m0/s1. The van der Waals surface area contributed by atoms with E-state index in [-0.39, 0.29) is 5.41 Å². The first-order valence-electron chi connectivity index (χ1n) is 12.4. The molecule has 5 rings (SSSR count). The Balaban J connectivity index is 1.42. The SMILES string of the molecule is CN(C)c1ccc(/C=C2\CC3C4CCC5CCCC[C@]5(C)C4CC[C@]3(C)C2=O)cc1. The minimum Gasteiger partial charge on any atom is -0.378 e. The van der Waals surface area contributed by atoms with E-state index in [4.69, 9.17) is 0 Å². The summed E-state index contributed by atoms with van der Waals surface area (Å²) in [6.07, 6.45) is 14.1. The van der Waals surface area contributed by atoms with E-state index in [1.165, 1.54) is 56.2 Å². The van der Waals surface area contributed by atoms with E-state index in [0.717, 1.165) is 36.2 Å². The topological polar surface area (TPSA) is 20.3 Å². The molecule has 0 spiro atoms. The van der Waals surface area contributed by atoms with Gasteiger partial charge in [-0.05, 0) is 103 Å². The van der Waals surface area contributed by atoms with Gasteiger partial charge in [-0.1, -0.05) is 38.8 Å². The van der Waals surface area contributed by atoms with Gasteiger partial charge in [0.25, 0.3) is 0 Å². The molecule has 4 fully saturated rings. The average molecular weight is 406 g/mol. The second-order valence-electron chi connectivity index (χ2n) is 11.5. The van der Waals surface area contributed by atoms with Crippen LogP contribution in [0.4, 0.5) is 5.69 Å². The van der Waals surface area contributed by atoms with Gasteiger partial charge in [-0.2, -0.15) is 0 Å². The molecule has 0 saturated heterocycles. The third-order valence-electron chi connectivity index (χ3n) is 9.97. The number of anilines is 1. The van der Waals surface area contributed by atoms with Crippen LogP contribution in [0.25, 0.3) is 6.08 Å². The third kappa shape index (κ3) is 3.00. The van der Waals surface area contributed by atoms with Gasteiger partial charge in [0.1, 0.15) is 0 Å². The summed E-state index contributed by atoms with van der Waals surface area (Å²) in [6, 6.07) is 8.64. The molecule has 0 N–H and O–H groups in total. The minimum absolute atomic E-state index is 0.117. The van der Waals surface area contributed by atoms with Crippen molar-refractivity contribution >= 4 is 17.5 Å². The van der Waals surface area contributed by atoms with Gasteiger partial charge >= 0.3 is 0 Å². The predicted octanol–water partition coefficient (Wildman–Crippen LogP) is 6.75. The summed E-state index contributed by atoms with van der Waals surface area (Å²) in [4.78, 5) is 15.7. The summed E-state index contributed by atoms with van der Waals surface area (Å²) < 4.78 is 0. The summed E-state index contributed by atoms with van der Waals surface area (Å²) >= 11 is 0. The highest BCUT2D eigenvalue weighted by Crippen LogP contribution is 2.66. The first-order valence-corrected chi connectivity index (χ1v) is 12.4. The molecule has 4 unspecified atom stereocenters. The molecule has 4 aliphatic rings. The number of benzene rings is 1. The van der Waals surface area contributed by atoms with Crippen molar-refractivity contribution in [3.05, 3.63) is 35.4 Å². The minimum atomic E-state index is -0.117. The lowest BCUT2D eigenvalue weighted by atomic mass is 9.45. The van der Waals surface area contributed by atoms with Gasteiger partial charge < -0.3 is 4.90 Å². The summed E-state index contributed by atoms with van der Waals surface area (Å²) in [6.45, 7) is 4.93. The van der Waals surface area contributed by atoms with Crippen molar-refractivity contribution in [3.63, 3.8) is 0 Å². The van der Waals surface area contributed by atoms with Gasteiger partial charge in [0.2, 0.25) is 0 Å². The summed E-state index contributed by atoms with van der Waals surface area (Å²) in [5.41, 5.74) is 3.90. The molecule has 1 aromatic rings. The second-order valence-corrected chi connectivity index (χ2v) is 11.5. The molecule has 2 heteroatoms. The lowest BCUT2D eigenvalue weighted by Crippen LogP contribution is -2.52. The highest BCUT2D eigenvalue weighted by Gasteiger charge is 2.60. The molecule has 0 aliphatic heterocycles. The van der Waals surface area contributed by atoms with Crippen molar-refractivity contribution in [1.82, 2.24) is 0 Å². The molecule has 0 amide bonds. The average Bonchev–Trinajstić information content (AvgIpc) is 2.98. The lowest BCUT2D eigenvalue weighted by molar-refractivity contribution is -0.137. The normalized spacial score (nSPS) is 41.9. The molecule has 2 nitrogen and oxygen atoms in total. The van der Waals surface area contributed by atoms with Crippen molar-refractivity contribution < 1.29 is 4.79 Å². The van der Waals surface area contributed by atoms with Gasteiger partial charge in [-0.25, -0.2) is 0 Å². The number of allylic oxidation sites excluding steroid dienone is 1. The Bertz CT molecular complexity index is 852. The molecular formula is C28H39NO. The highest BCUT2D eigenvalue weighted by atomic mass is 16.1. The molecule has 6 atom stereocenters. The maximum absolute atomic E-state index is 13.6. The zero-order valence-electron chi connectivity index (χ0n) is 19.4. The van der Waals surface area contributed by atoms with Gasteiger partial charge in [0.15, 0.2) is 5.78 Å². The Morgan fingerprint density at radius 1 is 0.933 bits per heavy atom. The molecule has 0 bridgehead atoms. The van der Waals surface area contributed by atoms with Crippen LogP contribution in [0.1, 0.15) is 77.2 Å². The molecule has 1 aromatic carbocycles. The first-order chi connectivity index (χ1) is 14.3. The number of Topliss-reactive ketones (excluding diaryl/α,β-unsaturated/α-hetero) is 1. The Morgan fingerprint density at radius 3 is 2.43 bits per heavy atom. The highest BCUT2D eigenvalue weighted by molar-refractivity contribution is 6.06. The van der Waals surface area contributed by atoms with Gasteiger partial charge in [-0.15, -0.1) is 0 Å². The van der Waals surface area contributed by atoms with Crippen molar-refractivity contribution in [2.24, 2.45) is 34.5 Å². The van der Waals surface area contributed by atoms with E-state index in [2.05, 4.69) is 63.2 Å². The van der Waals surface area contributed by atoms with Crippen molar-refractivity contribution in [3.8, 4) is 0 Å². The molecule has 4 saturated carbocycles. The fourth-order valence-electron chi connectivity index (χ4n) is 8.16. The van der Waals surface area contributed by atoms with Crippen LogP contribution in [0.15, 0.2) is 29.8 Å². The van der Waals surface area contributed by atoms with Crippen LogP contribution in [0.3, 0.4) is 0 Å². The number of hydrogen-bond donors (Lipinski definition) is 0.